The normalized spacial score (nSPS) is 10.9. The molecule has 0 aliphatic heterocycles. The van der Waals surface area contributed by atoms with Crippen LogP contribution < -0.4 is 19.8 Å². The van der Waals surface area contributed by atoms with Crippen molar-refractivity contribution in [3.8, 4) is 17.1 Å². The van der Waals surface area contributed by atoms with Crippen LogP contribution in [-0.4, -0.2) is 40.6 Å². The second kappa shape index (κ2) is 11.1. The van der Waals surface area contributed by atoms with Gasteiger partial charge in [-0.15, -0.1) is 5.10 Å². The predicted octanol–water partition coefficient (Wildman–Crippen LogP) is 1.06. The monoisotopic (exact) mass is 453 g/mol. The second-order valence-corrected chi connectivity index (χ2v) is 7.69. The Bertz CT molecular complexity index is 1110. The van der Waals surface area contributed by atoms with Crippen LogP contribution in [0.15, 0.2) is 58.8 Å². The molecule has 0 atom stereocenters. The zero-order valence-corrected chi connectivity index (χ0v) is 18.5. The van der Waals surface area contributed by atoms with E-state index >= 15 is 0 Å². The Kier molecular flexibility index (Phi) is 7.98. The lowest BCUT2D eigenvalue weighted by Crippen LogP contribution is -2.36. The van der Waals surface area contributed by atoms with Gasteiger partial charge in [0, 0.05) is 5.56 Å². The van der Waals surface area contributed by atoms with Gasteiger partial charge in [-0.25, -0.2) is 9.99 Å². The molecule has 1 aromatic heterocycles. The molecule has 1 heterocycles. The molecule has 1 amide bonds. The number of rotatable bonds is 10. The van der Waals surface area contributed by atoms with Crippen LogP contribution in [0, 0.1) is 6.92 Å². The molecule has 0 aliphatic carbocycles. The molecule has 0 spiro atoms. The van der Waals surface area contributed by atoms with Gasteiger partial charge in [-0.3, -0.25) is 4.79 Å². The maximum Gasteiger partial charge on any atom is 0.337 e. The molecule has 9 nitrogen and oxygen atoms in total. The van der Waals surface area contributed by atoms with Gasteiger partial charge < -0.3 is 14.6 Å². The predicted molar refractivity (Wildman–Crippen MR) is 118 cm³/mol. The minimum atomic E-state index is -1.32. The Morgan fingerprint density at radius 1 is 1.25 bits per heavy atom. The number of hydrazone groups is 1. The van der Waals surface area contributed by atoms with Crippen LogP contribution in [0.5, 0.6) is 5.75 Å². The topological polar surface area (TPSA) is 123 Å². The number of nitrogens with one attached hydrogen (secondary N) is 2. The van der Waals surface area contributed by atoms with E-state index < -0.39 is 12.6 Å². The highest BCUT2D eigenvalue weighted by atomic mass is 32.2. The highest BCUT2D eigenvalue weighted by Crippen LogP contribution is 2.18. The van der Waals surface area contributed by atoms with E-state index in [1.807, 2.05) is 42.7 Å². The van der Waals surface area contributed by atoms with Crippen LogP contribution in [0.4, 0.5) is 0 Å². The Morgan fingerprint density at radius 2 is 2.00 bits per heavy atom. The first-order valence-corrected chi connectivity index (χ1v) is 10.9. The third kappa shape index (κ3) is 6.17. The molecule has 3 rings (SSSR count). The number of carbonyl (C=O) groups is 2. The largest absolute Gasteiger partial charge is 0.546 e. The fraction of sp³-hybridized carbons (Fsp3) is 0.227. The van der Waals surface area contributed by atoms with E-state index in [1.54, 1.807) is 24.3 Å². The lowest BCUT2D eigenvalue weighted by Gasteiger charge is -2.08. The standard InChI is InChI=1S/C22H23N5O4S/c1-3-27-21(16-10-8-15(2)9-11-16)25-26-22(27)32-14-19(28)24-23-12-17-6-4-5-7-18(17)31-13-20(29)30/h4-12H,3,13-14H2,1-2H3,(H2,24,28,29,30)/b23-12+. The summed E-state index contributed by atoms with van der Waals surface area (Å²) in [6.45, 7) is 4.18. The Balaban J connectivity index is 1.58. The highest BCUT2D eigenvalue weighted by molar-refractivity contribution is 7.99. The number of thioether (sulfide) groups is 1. The molecule has 0 unspecified atom stereocenters. The zero-order chi connectivity index (χ0) is 22.9. The smallest absolute Gasteiger partial charge is 0.337 e. The van der Waals surface area contributed by atoms with Gasteiger partial charge in [-0.1, -0.05) is 29.8 Å². The van der Waals surface area contributed by atoms with Gasteiger partial charge in [0.25, 0.3) is 11.7 Å². The summed E-state index contributed by atoms with van der Waals surface area (Å²) in [5.41, 5.74) is 5.18. The molecule has 3 aromatic rings. The van der Waals surface area contributed by atoms with Gasteiger partial charge >= 0.3 is 5.16 Å². The van der Waals surface area contributed by atoms with Gasteiger partial charge in [-0.05, 0) is 49.9 Å². The number of H-pyrrole nitrogens is 1. The van der Waals surface area contributed by atoms with Crippen LogP contribution >= 0.6 is 11.8 Å². The number of para-hydroxylation sites is 1. The van der Waals surface area contributed by atoms with Gasteiger partial charge in [0.05, 0.1) is 35.1 Å². The van der Waals surface area contributed by atoms with Crippen LogP contribution in [0.2, 0.25) is 0 Å². The molecule has 166 valence electrons. The third-order valence-electron chi connectivity index (χ3n) is 4.39. The summed E-state index contributed by atoms with van der Waals surface area (Å²) < 4.78 is 7.16. The number of hydrogen-bond acceptors (Lipinski definition) is 7. The number of aryl methyl sites for hydroxylation is 1. The number of aliphatic carboxylic acids is 1. The minimum Gasteiger partial charge on any atom is -0.546 e. The van der Waals surface area contributed by atoms with E-state index in [2.05, 4.69) is 20.7 Å². The average Bonchev–Trinajstić information content (AvgIpc) is 3.20. The molecule has 2 aromatic carbocycles. The fourth-order valence-corrected chi connectivity index (χ4v) is 3.66. The van der Waals surface area contributed by atoms with Crippen LogP contribution in [0.1, 0.15) is 18.1 Å². The van der Waals surface area contributed by atoms with E-state index in [0.29, 0.717) is 23.0 Å². The fourth-order valence-electron chi connectivity index (χ4n) is 2.84. The Morgan fingerprint density at radius 3 is 2.72 bits per heavy atom. The molecule has 10 heteroatoms. The molecule has 0 fully saturated rings. The van der Waals surface area contributed by atoms with Crippen LogP contribution in [-0.2, 0) is 16.1 Å². The highest BCUT2D eigenvalue weighted by Gasteiger charge is 2.21. The van der Waals surface area contributed by atoms with Crippen molar-refractivity contribution in [3.05, 3.63) is 59.7 Å². The minimum absolute atomic E-state index is 0.123. The third-order valence-corrected chi connectivity index (χ3v) is 5.37. The average molecular weight is 454 g/mol. The van der Waals surface area contributed by atoms with Crippen molar-refractivity contribution in [1.29, 1.82) is 0 Å². The summed E-state index contributed by atoms with van der Waals surface area (Å²) in [5, 5.41) is 22.6. The molecular formula is C22H23N5O4S. The summed E-state index contributed by atoms with van der Waals surface area (Å²) in [7, 11) is 0. The molecule has 0 aliphatic rings. The van der Waals surface area contributed by atoms with E-state index in [0.717, 1.165) is 11.4 Å². The number of hydrogen-bond donors (Lipinski definition) is 2. The SMILES string of the molecule is CC[n+]1c(SCC(=O)N/N=C/c2ccccc2OCC(=O)[O-])n[nH]c1-c1ccc(C)cc1. The lowest BCUT2D eigenvalue weighted by atomic mass is 10.1. The molecular weight excluding hydrogens is 430 g/mol. The van der Waals surface area contributed by atoms with Crippen LogP contribution in [0.3, 0.4) is 0 Å². The van der Waals surface area contributed by atoms with Crippen molar-refractivity contribution in [1.82, 2.24) is 15.6 Å². The first-order valence-electron chi connectivity index (χ1n) is 9.89. The van der Waals surface area contributed by atoms with Gasteiger partial charge in [0.2, 0.25) is 0 Å². The maximum atomic E-state index is 12.2. The first-order chi connectivity index (χ1) is 15.5. The van der Waals surface area contributed by atoms with E-state index in [1.165, 1.54) is 23.5 Å². The zero-order valence-electron chi connectivity index (χ0n) is 17.7. The van der Waals surface area contributed by atoms with Crippen molar-refractivity contribution in [2.45, 2.75) is 25.5 Å². The number of carboxylic acids is 1. The number of aromatic nitrogens is 3. The molecule has 2 N–H and O–H groups in total. The maximum absolute atomic E-state index is 12.2. The lowest BCUT2D eigenvalue weighted by molar-refractivity contribution is -0.719. The van der Waals surface area contributed by atoms with Gasteiger partial charge in [0.15, 0.2) is 0 Å². The first kappa shape index (κ1) is 23.0. The van der Waals surface area contributed by atoms with E-state index in [9.17, 15) is 14.7 Å². The summed E-state index contributed by atoms with van der Waals surface area (Å²) in [6.07, 6.45) is 1.39. The number of aromatic amines is 1. The number of amides is 1. The number of benzene rings is 2. The molecule has 0 radical (unpaired) electrons. The van der Waals surface area contributed by atoms with Crippen molar-refractivity contribution in [3.63, 3.8) is 0 Å². The van der Waals surface area contributed by atoms with Gasteiger partial charge in [-0.2, -0.15) is 5.10 Å². The van der Waals surface area contributed by atoms with Crippen molar-refractivity contribution in [2.24, 2.45) is 5.10 Å². The molecule has 0 saturated carbocycles. The van der Waals surface area contributed by atoms with E-state index in [-0.39, 0.29) is 11.7 Å². The molecule has 0 bridgehead atoms. The van der Waals surface area contributed by atoms with Crippen molar-refractivity contribution < 1.29 is 24.0 Å². The second-order valence-electron chi connectivity index (χ2n) is 6.75. The summed E-state index contributed by atoms with van der Waals surface area (Å²) in [5.74, 6) is -0.301. The van der Waals surface area contributed by atoms with Crippen molar-refractivity contribution >= 4 is 29.9 Å². The van der Waals surface area contributed by atoms with Crippen molar-refractivity contribution in [2.75, 3.05) is 12.4 Å². The Labute approximate surface area is 189 Å². The number of nitrogens with zero attached hydrogens (tertiary/aromatic N) is 3. The van der Waals surface area contributed by atoms with Gasteiger partial charge in [0.1, 0.15) is 12.4 Å². The quantitative estimate of drug-likeness (QED) is 0.205. The number of carboxylic acid groups (broad SMARTS) is 1. The van der Waals surface area contributed by atoms with E-state index in [4.69, 9.17) is 4.74 Å². The molecule has 0 saturated heterocycles. The summed E-state index contributed by atoms with van der Waals surface area (Å²) in [6, 6.07) is 14.9. The number of carbonyl (C=O) groups excluding carboxylic acids is 2. The molecule has 32 heavy (non-hydrogen) atoms. The Hall–Kier alpha value is -3.66. The summed E-state index contributed by atoms with van der Waals surface area (Å²) >= 11 is 1.30. The summed E-state index contributed by atoms with van der Waals surface area (Å²) in [4.78, 5) is 22.8. The number of ether oxygens (including phenoxy) is 1. The van der Waals surface area contributed by atoms with Crippen LogP contribution in [0.25, 0.3) is 11.4 Å².